The number of rotatable bonds is 4. The molecule has 4 nitrogen and oxygen atoms in total. The summed E-state index contributed by atoms with van der Waals surface area (Å²) in [5, 5.41) is 11.7. The lowest BCUT2D eigenvalue weighted by Crippen LogP contribution is -2.42. The molecule has 1 N–H and O–H groups in total. The fourth-order valence-electron chi connectivity index (χ4n) is 3.45. The van der Waals surface area contributed by atoms with Crippen molar-refractivity contribution in [3.63, 3.8) is 0 Å². The van der Waals surface area contributed by atoms with E-state index >= 15 is 0 Å². The van der Waals surface area contributed by atoms with Gasteiger partial charge in [0.15, 0.2) is 0 Å². The molecular weight excluding hydrogens is 314 g/mol. The van der Waals surface area contributed by atoms with Gasteiger partial charge >= 0.3 is 5.97 Å². The van der Waals surface area contributed by atoms with E-state index in [9.17, 15) is 14.7 Å². The molecule has 25 heavy (non-hydrogen) atoms. The molecule has 1 unspecified atom stereocenters. The van der Waals surface area contributed by atoms with Crippen molar-refractivity contribution in [1.82, 2.24) is 4.90 Å². The Morgan fingerprint density at radius 3 is 2.32 bits per heavy atom. The number of nitrogens with zero attached hydrogens (tertiary/aromatic N) is 1. The number of carbonyl (C=O) groups is 2. The highest BCUT2D eigenvalue weighted by Gasteiger charge is 2.36. The van der Waals surface area contributed by atoms with Crippen molar-refractivity contribution in [2.24, 2.45) is 0 Å². The van der Waals surface area contributed by atoms with E-state index in [1.54, 1.807) is 0 Å². The smallest absolute Gasteiger partial charge is 0.326 e. The Hall–Kier alpha value is -3.14. The van der Waals surface area contributed by atoms with Crippen LogP contribution >= 0.6 is 0 Å². The first-order chi connectivity index (χ1) is 12.1. The van der Waals surface area contributed by atoms with Gasteiger partial charge in [-0.05, 0) is 34.0 Å². The fourth-order valence-corrected chi connectivity index (χ4v) is 3.45. The van der Waals surface area contributed by atoms with Crippen molar-refractivity contribution in [3.8, 4) is 0 Å². The van der Waals surface area contributed by atoms with E-state index in [2.05, 4.69) is 0 Å². The molecule has 3 aromatic carbocycles. The zero-order valence-corrected chi connectivity index (χ0v) is 13.6. The predicted octanol–water partition coefficient (Wildman–Crippen LogP) is 3.49. The third-order valence-corrected chi connectivity index (χ3v) is 4.74. The Morgan fingerprint density at radius 1 is 1.00 bits per heavy atom. The molecule has 3 aromatic rings. The van der Waals surface area contributed by atoms with Gasteiger partial charge in [0.2, 0.25) is 0 Å². The second-order valence-electron chi connectivity index (χ2n) is 6.33. The summed E-state index contributed by atoms with van der Waals surface area (Å²) in [6.45, 7) is 0.336. The van der Waals surface area contributed by atoms with Crippen LogP contribution in [-0.2, 0) is 17.8 Å². The third-order valence-electron chi connectivity index (χ3n) is 4.74. The van der Waals surface area contributed by atoms with Crippen LogP contribution in [0.2, 0.25) is 0 Å². The summed E-state index contributed by atoms with van der Waals surface area (Å²) in [6.07, 6.45) is 0.301. The van der Waals surface area contributed by atoms with Crippen molar-refractivity contribution in [3.05, 3.63) is 83.4 Å². The molecule has 0 aliphatic carbocycles. The van der Waals surface area contributed by atoms with E-state index in [0.29, 0.717) is 18.5 Å². The van der Waals surface area contributed by atoms with Crippen molar-refractivity contribution >= 4 is 22.6 Å². The van der Waals surface area contributed by atoms with E-state index in [1.807, 2.05) is 66.7 Å². The van der Waals surface area contributed by atoms with Gasteiger partial charge in [0, 0.05) is 18.5 Å². The molecule has 0 spiro atoms. The SMILES string of the molecule is O=C(O)C(Cc1ccccc1)N1Cc2cc3ccccc3cc2C1=O. The van der Waals surface area contributed by atoms with Gasteiger partial charge in [-0.3, -0.25) is 4.79 Å². The maximum absolute atomic E-state index is 12.8. The molecule has 1 atom stereocenters. The van der Waals surface area contributed by atoms with Crippen molar-refractivity contribution < 1.29 is 14.7 Å². The highest BCUT2D eigenvalue weighted by Crippen LogP contribution is 2.30. The molecular formula is C21H17NO3. The largest absolute Gasteiger partial charge is 0.480 e. The second kappa shape index (κ2) is 6.06. The average Bonchev–Trinajstić information content (AvgIpc) is 2.94. The number of aliphatic carboxylic acids is 1. The second-order valence-corrected chi connectivity index (χ2v) is 6.33. The number of fused-ring (bicyclic) bond motifs is 2. The number of amides is 1. The zero-order valence-electron chi connectivity index (χ0n) is 13.6. The van der Waals surface area contributed by atoms with Gasteiger partial charge in [-0.1, -0.05) is 54.6 Å². The molecule has 1 amide bonds. The van der Waals surface area contributed by atoms with Crippen LogP contribution < -0.4 is 0 Å². The third kappa shape index (κ3) is 2.76. The van der Waals surface area contributed by atoms with Crippen molar-refractivity contribution in [1.29, 1.82) is 0 Å². The van der Waals surface area contributed by atoms with Gasteiger partial charge in [0.25, 0.3) is 5.91 Å². The van der Waals surface area contributed by atoms with E-state index < -0.39 is 12.0 Å². The molecule has 0 fully saturated rings. The van der Waals surface area contributed by atoms with Crippen LogP contribution in [0.4, 0.5) is 0 Å². The summed E-state index contributed by atoms with van der Waals surface area (Å²) >= 11 is 0. The lowest BCUT2D eigenvalue weighted by atomic mass is 10.0. The lowest BCUT2D eigenvalue weighted by molar-refractivity contribution is -0.142. The fraction of sp³-hybridized carbons (Fsp3) is 0.143. The topological polar surface area (TPSA) is 57.6 Å². The predicted molar refractivity (Wildman–Crippen MR) is 95.4 cm³/mol. The molecule has 0 aromatic heterocycles. The van der Waals surface area contributed by atoms with Crippen LogP contribution in [0.15, 0.2) is 66.7 Å². The first kappa shape index (κ1) is 15.4. The quantitative estimate of drug-likeness (QED) is 0.796. The molecule has 1 aliphatic rings. The summed E-state index contributed by atoms with van der Waals surface area (Å²) in [4.78, 5) is 26.1. The van der Waals surface area contributed by atoms with Crippen LogP contribution in [0, 0.1) is 0 Å². The van der Waals surface area contributed by atoms with Gasteiger partial charge < -0.3 is 10.0 Å². The maximum atomic E-state index is 12.8. The van der Waals surface area contributed by atoms with Gasteiger partial charge in [-0.2, -0.15) is 0 Å². The Kier molecular flexibility index (Phi) is 3.73. The number of carboxylic acids is 1. The van der Waals surface area contributed by atoms with Crippen LogP contribution in [0.1, 0.15) is 21.5 Å². The van der Waals surface area contributed by atoms with E-state index in [1.165, 1.54) is 4.90 Å². The highest BCUT2D eigenvalue weighted by atomic mass is 16.4. The average molecular weight is 331 g/mol. The lowest BCUT2D eigenvalue weighted by Gasteiger charge is -2.24. The number of carboxylic acid groups (broad SMARTS) is 1. The molecule has 1 heterocycles. The summed E-state index contributed by atoms with van der Waals surface area (Å²) in [6, 6.07) is 20.3. The van der Waals surface area contributed by atoms with Gasteiger partial charge in [-0.25, -0.2) is 4.79 Å². The molecule has 4 rings (SSSR count). The number of carbonyl (C=O) groups excluding carboxylic acids is 1. The van der Waals surface area contributed by atoms with Gasteiger partial charge in [-0.15, -0.1) is 0 Å². The summed E-state index contributed by atoms with van der Waals surface area (Å²) < 4.78 is 0. The molecule has 0 bridgehead atoms. The summed E-state index contributed by atoms with van der Waals surface area (Å²) in [5.74, 6) is -1.18. The first-order valence-electron chi connectivity index (χ1n) is 8.23. The summed E-state index contributed by atoms with van der Waals surface area (Å²) in [7, 11) is 0. The Labute approximate surface area is 145 Å². The number of hydrogen-bond donors (Lipinski definition) is 1. The number of benzene rings is 3. The Bertz CT molecular complexity index is 965. The molecule has 0 saturated heterocycles. The van der Waals surface area contributed by atoms with Crippen molar-refractivity contribution in [2.75, 3.05) is 0 Å². The normalized spacial score (nSPS) is 14.6. The van der Waals surface area contributed by atoms with Crippen molar-refractivity contribution in [2.45, 2.75) is 19.0 Å². The van der Waals surface area contributed by atoms with Crippen LogP contribution in [0.25, 0.3) is 10.8 Å². The standard InChI is InChI=1S/C21H17NO3/c23-20-18-12-16-9-5-4-8-15(16)11-17(18)13-22(20)19(21(24)25)10-14-6-2-1-3-7-14/h1-9,11-12,19H,10,13H2,(H,24,25). The zero-order chi connectivity index (χ0) is 17.4. The van der Waals surface area contributed by atoms with E-state index in [0.717, 1.165) is 21.9 Å². The van der Waals surface area contributed by atoms with Crippen LogP contribution in [0.3, 0.4) is 0 Å². The minimum absolute atomic E-state index is 0.205. The van der Waals surface area contributed by atoms with E-state index in [-0.39, 0.29) is 5.91 Å². The first-order valence-corrected chi connectivity index (χ1v) is 8.23. The monoisotopic (exact) mass is 331 g/mol. The molecule has 4 heteroatoms. The maximum Gasteiger partial charge on any atom is 0.326 e. The minimum atomic E-state index is -0.977. The van der Waals surface area contributed by atoms with Gasteiger partial charge in [0.05, 0.1) is 0 Å². The Morgan fingerprint density at radius 2 is 1.64 bits per heavy atom. The highest BCUT2D eigenvalue weighted by molar-refractivity contribution is 6.04. The Balaban J connectivity index is 1.68. The van der Waals surface area contributed by atoms with Crippen LogP contribution in [-0.4, -0.2) is 27.9 Å². The van der Waals surface area contributed by atoms with E-state index in [4.69, 9.17) is 0 Å². The molecule has 124 valence electrons. The molecule has 0 radical (unpaired) electrons. The number of hydrogen-bond acceptors (Lipinski definition) is 2. The van der Waals surface area contributed by atoms with Gasteiger partial charge in [0.1, 0.15) is 6.04 Å². The van der Waals surface area contributed by atoms with Crippen LogP contribution in [0.5, 0.6) is 0 Å². The molecule has 0 saturated carbocycles. The summed E-state index contributed by atoms with van der Waals surface area (Å²) in [5.41, 5.74) is 2.41. The minimum Gasteiger partial charge on any atom is -0.480 e. The molecule has 1 aliphatic heterocycles.